The summed E-state index contributed by atoms with van der Waals surface area (Å²) in [6.07, 6.45) is 3.80. The van der Waals surface area contributed by atoms with Crippen LogP contribution in [0.15, 0.2) is 12.3 Å². The summed E-state index contributed by atoms with van der Waals surface area (Å²) in [4.78, 5) is 8.07. The average molecular weight is 164 g/mol. The summed E-state index contributed by atoms with van der Waals surface area (Å²) >= 11 is 0. The van der Waals surface area contributed by atoms with Crippen molar-refractivity contribution in [3.63, 3.8) is 0 Å². The van der Waals surface area contributed by atoms with Crippen molar-refractivity contribution in [2.45, 2.75) is 18.8 Å². The third-order valence-electron chi connectivity index (χ3n) is 1.90. The quantitative estimate of drug-likeness (QED) is 0.552. The molecule has 0 saturated heterocycles. The molecule has 5 heteroatoms. The Balaban J connectivity index is 2.26. The molecule has 12 heavy (non-hydrogen) atoms. The lowest BCUT2D eigenvalue weighted by molar-refractivity contribution is 0.424. The van der Waals surface area contributed by atoms with Gasteiger partial charge in [-0.3, -0.25) is 0 Å². The number of hydrogen-bond donors (Lipinski definition) is 2. The zero-order valence-corrected chi connectivity index (χ0v) is 6.51. The van der Waals surface area contributed by atoms with Crippen LogP contribution in [0, 0.1) is 0 Å². The second-order valence-electron chi connectivity index (χ2n) is 2.99. The second-order valence-corrected chi connectivity index (χ2v) is 2.99. The third kappa shape index (κ3) is 1.46. The van der Waals surface area contributed by atoms with Crippen LogP contribution in [0.4, 0.5) is 0 Å². The Bertz CT molecular complexity index is 271. The van der Waals surface area contributed by atoms with E-state index in [2.05, 4.69) is 9.97 Å². The molecule has 1 fully saturated rings. The Morgan fingerprint density at radius 2 is 2.17 bits per heavy atom. The fourth-order valence-electron chi connectivity index (χ4n) is 1.07. The molecule has 1 heterocycles. The monoisotopic (exact) mass is 164 g/mol. The van der Waals surface area contributed by atoms with Gasteiger partial charge in [-0.1, -0.05) is 0 Å². The van der Waals surface area contributed by atoms with Gasteiger partial charge in [-0.15, -0.1) is 0 Å². The lowest BCUT2D eigenvalue weighted by Crippen LogP contribution is -2.33. The minimum absolute atomic E-state index is 0.284. The van der Waals surface area contributed by atoms with Gasteiger partial charge < -0.3 is 10.0 Å². The topological polar surface area (TPSA) is 66.2 Å². The van der Waals surface area contributed by atoms with Gasteiger partial charge in [0.05, 0.1) is 5.59 Å². The van der Waals surface area contributed by atoms with Crippen molar-refractivity contribution in [2.24, 2.45) is 0 Å². The van der Waals surface area contributed by atoms with Crippen LogP contribution in [0.3, 0.4) is 0 Å². The van der Waals surface area contributed by atoms with Gasteiger partial charge in [0.1, 0.15) is 5.82 Å². The van der Waals surface area contributed by atoms with E-state index in [1.54, 1.807) is 6.20 Å². The van der Waals surface area contributed by atoms with Crippen LogP contribution in [0.5, 0.6) is 0 Å². The smallest absolute Gasteiger partial charge is 0.422 e. The van der Waals surface area contributed by atoms with Gasteiger partial charge in [0.25, 0.3) is 0 Å². The van der Waals surface area contributed by atoms with Crippen LogP contribution in [0.1, 0.15) is 24.6 Å². The molecule has 1 aliphatic carbocycles. The van der Waals surface area contributed by atoms with E-state index < -0.39 is 7.12 Å². The highest BCUT2D eigenvalue weighted by molar-refractivity contribution is 6.57. The number of aromatic nitrogens is 2. The molecule has 0 radical (unpaired) electrons. The van der Waals surface area contributed by atoms with Crippen LogP contribution < -0.4 is 5.59 Å². The summed E-state index contributed by atoms with van der Waals surface area (Å²) in [7, 11) is -1.48. The summed E-state index contributed by atoms with van der Waals surface area (Å²) in [5.74, 6) is 1.18. The first-order valence-corrected chi connectivity index (χ1v) is 3.96. The van der Waals surface area contributed by atoms with E-state index in [-0.39, 0.29) is 5.59 Å². The van der Waals surface area contributed by atoms with Gasteiger partial charge in [0.2, 0.25) is 0 Å². The van der Waals surface area contributed by atoms with Crippen molar-refractivity contribution < 1.29 is 10.0 Å². The zero-order valence-electron chi connectivity index (χ0n) is 6.51. The van der Waals surface area contributed by atoms with Gasteiger partial charge in [-0.25, -0.2) is 9.97 Å². The van der Waals surface area contributed by atoms with E-state index in [9.17, 15) is 0 Å². The SMILES string of the molecule is OB(O)c1ccnc(C2CC2)n1. The van der Waals surface area contributed by atoms with E-state index in [1.165, 1.54) is 6.07 Å². The predicted molar refractivity (Wildman–Crippen MR) is 43.8 cm³/mol. The maximum absolute atomic E-state index is 8.82. The average Bonchev–Trinajstić information content (AvgIpc) is 2.87. The second kappa shape index (κ2) is 2.84. The zero-order chi connectivity index (χ0) is 8.55. The maximum Gasteiger partial charge on any atom is 0.508 e. The Kier molecular flexibility index (Phi) is 1.82. The van der Waals surface area contributed by atoms with Crippen molar-refractivity contribution in [2.75, 3.05) is 0 Å². The Morgan fingerprint density at radius 3 is 2.75 bits per heavy atom. The van der Waals surface area contributed by atoms with Crippen LogP contribution in [-0.2, 0) is 0 Å². The van der Waals surface area contributed by atoms with Gasteiger partial charge in [0, 0.05) is 12.1 Å². The summed E-state index contributed by atoms with van der Waals surface area (Å²) in [5, 5.41) is 17.6. The normalized spacial score (nSPS) is 16.2. The van der Waals surface area contributed by atoms with Gasteiger partial charge >= 0.3 is 7.12 Å². The summed E-state index contributed by atoms with van der Waals surface area (Å²) in [5.41, 5.74) is 0.284. The van der Waals surface area contributed by atoms with E-state index in [0.29, 0.717) is 5.92 Å². The van der Waals surface area contributed by atoms with Crippen LogP contribution in [-0.4, -0.2) is 27.1 Å². The first-order chi connectivity index (χ1) is 5.77. The van der Waals surface area contributed by atoms with Crippen LogP contribution >= 0.6 is 0 Å². The molecule has 1 aromatic rings. The molecule has 2 rings (SSSR count). The fourth-order valence-corrected chi connectivity index (χ4v) is 1.07. The van der Waals surface area contributed by atoms with Gasteiger partial charge in [-0.2, -0.15) is 0 Å². The van der Waals surface area contributed by atoms with Gasteiger partial charge in [0.15, 0.2) is 0 Å². The molecule has 62 valence electrons. The molecule has 0 aromatic carbocycles. The summed E-state index contributed by atoms with van der Waals surface area (Å²) in [6, 6.07) is 1.51. The molecular weight excluding hydrogens is 155 g/mol. The first-order valence-electron chi connectivity index (χ1n) is 3.96. The molecule has 0 amide bonds. The van der Waals surface area contributed by atoms with Crippen LogP contribution in [0.2, 0.25) is 0 Å². The van der Waals surface area contributed by atoms with Gasteiger partial charge in [-0.05, 0) is 18.9 Å². The molecule has 2 N–H and O–H groups in total. The number of hydrogen-bond acceptors (Lipinski definition) is 4. The minimum Gasteiger partial charge on any atom is -0.422 e. The molecule has 1 saturated carbocycles. The Hall–Kier alpha value is -0.935. The van der Waals surface area contributed by atoms with Crippen molar-refractivity contribution in [3.05, 3.63) is 18.1 Å². The Morgan fingerprint density at radius 1 is 1.42 bits per heavy atom. The third-order valence-corrected chi connectivity index (χ3v) is 1.90. The minimum atomic E-state index is -1.48. The van der Waals surface area contributed by atoms with Crippen molar-refractivity contribution in [1.29, 1.82) is 0 Å². The standard InChI is InChI=1S/C7H9BN2O2/c11-8(12)6-3-4-9-7(10-6)5-1-2-5/h3-5,11-12H,1-2H2. The molecule has 0 unspecified atom stereocenters. The van der Waals surface area contributed by atoms with Crippen molar-refractivity contribution in [1.82, 2.24) is 9.97 Å². The molecule has 0 bridgehead atoms. The van der Waals surface area contributed by atoms with Crippen LogP contribution in [0.25, 0.3) is 0 Å². The lowest BCUT2D eigenvalue weighted by Gasteiger charge is -1.99. The van der Waals surface area contributed by atoms with Crippen molar-refractivity contribution in [3.8, 4) is 0 Å². The summed E-state index contributed by atoms with van der Waals surface area (Å²) in [6.45, 7) is 0. The largest absolute Gasteiger partial charge is 0.508 e. The highest BCUT2D eigenvalue weighted by Crippen LogP contribution is 2.37. The number of nitrogens with zero attached hydrogens (tertiary/aromatic N) is 2. The lowest BCUT2D eigenvalue weighted by atomic mass is 9.86. The van der Waals surface area contributed by atoms with E-state index in [1.807, 2.05) is 0 Å². The highest BCUT2D eigenvalue weighted by Gasteiger charge is 2.27. The molecule has 0 aliphatic heterocycles. The molecule has 4 nitrogen and oxygen atoms in total. The number of rotatable bonds is 2. The highest BCUT2D eigenvalue weighted by atomic mass is 16.4. The summed E-state index contributed by atoms with van der Waals surface area (Å²) < 4.78 is 0. The Labute approximate surface area is 70.4 Å². The van der Waals surface area contributed by atoms with Crippen molar-refractivity contribution >= 4 is 12.7 Å². The predicted octanol–water partition coefficient (Wildman–Crippen LogP) is -0.966. The fraction of sp³-hybridized carbons (Fsp3) is 0.429. The van der Waals surface area contributed by atoms with E-state index >= 15 is 0 Å². The molecule has 0 atom stereocenters. The first kappa shape index (κ1) is 7.70. The molecule has 1 aliphatic rings. The van der Waals surface area contributed by atoms with E-state index in [0.717, 1.165) is 18.7 Å². The maximum atomic E-state index is 8.82. The molecule has 1 aromatic heterocycles. The van der Waals surface area contributed by atoms with E-state index in [4.69, 9.17) is 10.0 Å². The molecule has 0 spiro atoms. The molecular formula is C7H9BN2O2.